The average molecular weight is 226 g/mol. The van der Waals surface area contributed by atoms with Crippen molar-refractivity contribution in [2.75, 3.05) is 13.4 Å². The molecule has 1 aromatic carbocycles. The lowest BCUT2D eigenvalue weighted by Crippen LogP contribution is -1.98. The van der Waals surface area contributed by atoms with Gasteiger partial charge in [0.15, 0.2) is 0 Å². The van der Waals surface area contributed by atoms with Gasteiger partial charge in [0.05, 0.1) is 7.11 Å². The van der Waals surface area contributed by atoms with Crippen molar-refractivity contribution in [1.82, 2.24) is 0 Å². The van der Waals surface area contributed by atoms with E-state index in [4.69, 9.17) is 9.84 Å². The van der Waals surface area contributed by atoms with Crippen LogP contribution < -0.4 is 4.74 Å². The largest absolute Gasteiger partial charge is 0.496 e. The van der Waals surface area contributed by atoms with Gasteiger partial charge in [-0.25, -0.2) is 0 Å². The van der Waals surface area contributed by atoms with Gasteiger partial charge in [-0.05, 0) is 30.4 Å². The molecule has 0 amide bonds. The summed E-state index contributed by atoms with van der Waals surface area (Å²) in [5, 5.41) is 8.57. The van der Waals surface area contributed by atoms with Crippen LogP contribution in [0.25, 0.3) is 0 Å². The third-order valence-electron chi connectivity index (χ3n) is 2.08. The van der Waals surface area contributed by atoms with Crippen LogP contribution in [0.5, 0.6) is 5.75 Å². The fraction of sp³-hybridized carbons (Fsp3) is 0.364. The van der Waals surface area contributed by atoms with E-state index in [1.165, 1.54) is 0 Å². The summed E-state index contributed by atoms with van der Waals surface area (Å²) in [7, 11) is 1.62. The standard InChI is InChI=1S/C11H14O3S/c1-14-9-7-8(4-6-11(12)13)3-5-10(9)15-2/h3,5,7H,4,6H2,1-2H3,(H,12,13). The van der Waals surface area contributed by atoms with Crippen LogP contribution in [0, 0.1) is 0 Å². The van der Waals surface area contributed by atoms with E-state index in [0.29, 0.717) is 6.42 Å². The molecule has 0 atom stereocenters. The summed E-state index contributed by atoms with van der Waals surface area (Å²) in [6, 6.07) is 5.80. The van der Waals surface area contributed by atoms with E-state index in [1.807, 2.05) is 24.5 Å². The van der Waals surface area contributed by atoms with E-state index in [2.05, 4.69) is 0 Å². The van der Waals surface area contributed by atoms with Gasteiger partial charge in [-0.15, -0.1) is 11.8 Å². The summed E-state index contributed by atoms with van der Waals surface area (Å²) in [4.78, 5) is 11.5. The Morgan fingerprint density at radius 1 is 1.53 bits per heavy atom. The molecule has 0 saturated carbocycles. The van der Waals surface area contributed by atoms with Crippen molar-refractivity contribution in [3.8, 4) is 5.75 Å². The summed E-state index contributed by atoms with van der Waals surface area (Å²) in [6.07, 6.45) is 2.68. The monoisotopic (exact) mass is 226 g/mol. The van der Waals surface area contributed by atoms with E-state index in [0.717, 1.165) is 16.2 Å². The number of aryl methyl sites for hydroxylation is 1. The molecule has 3 nitrogen and oxygen atoms in total. The Bertz CT molecular complexity index is 350. The molecule has 0 aromatic heterocycles. The molecule has 1 N–H and O–H groups in total. The number of ether oxygens (including phenoxy) is 1. The highest BCUT2D eigenvalue weighted by Crippen LogP contribution is 2.28. The first-order valence-corrected chi connectivity index (χ1v) is 5.82. The smallest absolute Gasteiger partial charge is 0.303 e. The number of hydrogen-bond acceptors (Lipinski definition) is 3. The molecule has 0 radical (unpaired) electrons. The number of thioether (sulfide) groups is 1. The van der Waals surface area contributed by atoms with E-state index in [1.54, 1.807) is 18.9 Å². The first-order chi connectivity index (χ1) is 7.17. The molecule has 0 aliphatic carbocycles. The number of methoxy groups -OCH3 is 1. The second-order valence-electron chi connectivity index (χ2n) is 3.08. The summed E-state index contributed by atoms with van der Waals surface area (Å²) in [6.45, 7) is 0. The second-order valence-corrected chi connectivity index (χ2v) is 3.93. The zero-order chi connectivity index (χ0) is 11.3. The third-order valence-corrected chi connectivity index (χ3v) is 2.85. The van der Waals surface area contributed by atoms with Crippen molar-refractivity contribution < 1.29 is 14.6 Å². The molecule has 0 spiro atoms. The minimum atomic E-state index is -0.775. The average Bonchev–Trinajstić information content (AvgIpc) is 2.25. The zero-order valence-electron chi connectivity index (χ0n) is 8.82. The molecule has 0 unspecified atom stereocenters. The number of hydrogen-bond donors (Lipinski definition) is 1. The molecule has 82 valence electrons. The molecule has 0 aliphatic rings. The SMILES string of the molecule is COc1cc(CCC(=O)O)ccc1SC. The van der Waals surface area contributed by atoms with Gasteiger partial charge in [-0.1, -0.05) is 6.07 Å². The molecule has 1 rings (SSSR count). The normalized spacial score (nSPS) is 10.0. The first-order valence-electron chi connectivity index (χ1n) is 4.60. The molecular formula is C11H14O3S. The Morgan fingerprint density at radius 3 is 2.80 bits per heavy atom. The van der Waals surface area contributed by atoms with E-state index >= 15 is 0 Å². The van der Waals surface area contributed by atoms with Crippen LogP contribution in [0.4, 0.5) is 0 Å². The summed E-state index contributed by atoms with van der Waals surface area (Å²) >= 11 is 1.61. The van der Waals surface area contributed by atoms with Crippen LogP contribution >= 0.6 is 11.8 Å². The predicted molar refractivity (Wildman–Crippen MR) is 60.7 cm³/mol. The summed E-state index contributed by atoms with van der Waals surface area (Å²) in [5.41, 5.74) is 0.993. The zero-order valence-corrected chi connectivity index (χ0v) is 9.63. The number of carboxylic acids is 1. The first kappa shape index (κ1) is 11.9. The Labute approximate surface area is 93.4 Å². The van der Waals surface area contributed by atoms with Crippen LogP contribution in [-0.2, 0) is 11.2 Å². The maximum absolute atomic E-state index is 10.4. The van der Waals surface area contributed by atoms with Crippen LogP contribution in [0.15, 0.2) is 23.1 Å². The number of rotatable bonds is 5. The summed E-state index contributed by atoms with van der Waals surface area (Å²) < 4.78 is 5.22. The Morgan fingerprint density at radius 2 is 2.27 bits per heavy atom. The molecule has 1 aromatic rings. The maximum Gasteiger partial charge on any atom is 0.303 e. The minimum absolute atomic E-state index is 0.155. The molecule has 0 heterocycles. The van der Waals surface area contributed by atoms with Gasteiger partial charge < -0.3 is 9.84 Å². The predicted octanol–water partition coefficient (Wildman–Crippen LogP) is 2.43. The van der Waals surface area contributed by atoms with Crippen molar-refractivity contribution in [3.63, 3.8) is 0 Å². The molecular weight excluding hydrogens is 212 g/mol. The van der Waals surface area contributed by atoms with Gasteiger partial charge in [0.1, 0.15) is 5.75 Å². The lowest BCUT2D eigenvalue weighted by molar-refractivity contribution is -0.136. The van der Waals surface area contributed by atoms with Gasteiger partial charge in [0.25, 0.3) is 0 Å². The lowest BCUT2D eigenvalue weighted by Gasteiger charge is -2.08. The highest BCUT2D eigenvalue weighted by molar-refractivity contribution is 7.98. The van der Waals surface area contributed by atoms with Crippen molar-refractivity contribution in [2.24, 2.45) is 0 Å². The highest BCUT2D eigenvalue weighted by Gasteiger charge is 2.04. The van der Waals surface area contributed by atoms with E-state index < -0.39 is 5.97 Å². The fourth-order valence-electron chi connectivity index (χ4n) is 1.29. The quantitative estimate of drug-likeness (QED) is 0.783. The van der Waals surface area contributed by atoms with Crippen LogP contribution in [0.3, 0.4) is 0 Å². The number of aliphatic carboxylic acids is 1. The summed E-state index contributed by atoms with van der Waals surface area (Å²) in [5.74, 6) is 0.0355. The maximum atomic E-state index is 10.4. The van der Waals surface area contributed by atoms with Crippen LogP contribution in [0.1, 0.15) is 12.0 Å². The molecule has 0 bridgehead atoms. The van der Waals surface area contributed by atoms with Crippen molar-refractivity contribution in [2.45, 2.75) is 17.7 Å². The van der Waals surface area contributed by atoms with Gasteiger partial charge in [-0.2, -0.15) is 0 Å². The van der Waals surface area contributed by atoms with Crippen LogP contribution in [-0.4, -0.2) is 24.4 Å². The van der Waals surface area contributed by atoms with Gasteiger partial charge >= 0.3 is 5.97 Å². The van der Waals surface area contributed by atoms with Crippen LogP contribution in [0.2, 0.25) is 0 Å². The lowest BCUT2D eigenvalue weighted by atomic mass is 10.1. The molecule has 0 saturated heterocycles. The van der Waals surface area contributed by atoms with Crippen molar-refractivity contribution >= 4 is 17.7 Å². The topological polar surface area (TPSA) is 46.5 Å². The van der Waals surface area contributed by atoms with Crippen molar-refractivity contribution in [1.29, 1.82) is 0 Å². The Hall–Kier alpha value is -1.16. The molecule has 0 aliphatic heterocycles. The van der Waals surface area contributed by atoms with Gasteiger partial charge in [0, 0.05) is 11.3 Å². The second kappa shape index (κ2) is 5.66. The Balaban J connectivity index is 2.78. The van der Waals surface area contributed by atoms with Gasteiger partial charge in [-0.3, -0.25) is 4.79 Å². The number of carbonyl (C=O) groups is 1. The fourth-order valence-corrected chi connectivity index (χ4v) is 1.83. The molecule has 15 heavy (non-hydrogen) atoms. The van der Waals surface area contributed by atoms with E-state index in [9.17, 15) is 4.79 Å². The minimum Gasteiger partial charge on any atom is -0.496 e. The third kappa shape index (κ3) is 3.47. The van der Waals surface area contributed by atoms with Gasteiger partial charge in [0.2, 0.25) is 0 Å². The highest BCUT2D eigenvalue weighted by atomic mass is 32.2. The number of benzene rings is 1. The Kier molecular flexibility index (Phi) is 4.49. The van der Waals surface area contributed by atoms with Crippen molar-refractivity contribution in [3.05, 3.63) is 23.8 Å². The molecule has 4 heteroatoms. The number of carboxylic acid groups (broad SMARTS) is 1. The molecule has 0 fully saturated rings. The van der Waals surface area contributed by atoms with E-state index in [-0.39, 0.29) is 6.42 Å².